The van der Waals surface area contributed by atoms with Crippen molar-refractivity contribution in [2.75, 3.05) is 26.7 Å². The largest absolute Gasteiger partial charge is 0.356 e. The van der Waals surface area contributed by atoms with Crippen LogP contribution in [0.4, 0.5) is 0 Å². The Bertz CT molecular complexity index is 601. The van der Waals surface area contributed by atoms with E-state index in [0.717, 1.165) is 50.9 Å². The fraction of sp³-hybridized carbons (Fsp3) is 0.579. The number of guanidine groups is 1. The predicted molar refractivity (Wildman–Crippen MR) is 112 cm³/mol. The minimum absolute atomic E-state index is 0. The fourth-order valence-electron chi connectivity index (χ4n) is 3.10. The number of halogens is 1. The first-order valence-corrected chi connectivity index (χ1v) is 9.05. The molecule has 0 spiro atoms. The van der Waals surface area contributed by atoms with Crippen LogP contribution >= 0.6 is 24.0 Å². The van der Waals surface area contributed by atoms with Gasteiger partial charge >= 0.3 is 0 Å². The zero-order chi connectivity index (χ0) is 16.8. The van der Waals surface area contributed by atoms with E-state index in [-0.39, 0.29) is 29.9 Å². The van der Waals surface area contributed by atoms with Crippen molar-refractivity contribution in [2.45, 2.75) is 38.6 Å². The molecule has 1 aromatic carbocycles. The van der Waals surface area contributed by atoms with Crippen LogP contribution in [0.5, 0.6) is 0 Å². The van der Waals surface area contributed by atoms with Crippen molar-refractivity contribution in [1.82, 2.24) is 15.5 Å². The molecule has 1 amide bonds. The average Bonchev–Trinajstić information content (AvgIpc) is 3.45. The Hall–Kier alpha value is -1.31. The number of carbonyl (C=O) groups is 1. The number of benzene rings is 1. The van der Waals surface area contributed by atoms with Crippen LogP contribution in [0.15, 0.2) is 29.3 Å². The van der Waals surface area contributed by atoms with Gasteiger partial charge in [0, 0.05) is 39.6 Å². The third-order valence-corrected chi connectivity index (χ3v) is 4.82. The third-order valence-electron chi connectivity index (χ3n) is 4.82. The highest BCUT2D eigenvalue weighted by Gasteiger charge is 2.21. The van der Waals surface area contributed by atoms with E-state index in [9.17, 15) is 4.79 Å². The van der Waals surface area contributed by atoms with Crippen LogP contribution in [-0.2, 0) is 17.8 Å². The molecule has 2 N–H and O–H groups in total. The molecule has 0 radical (unpaired) electrons. The average molecular weight is 456 g/mol. The van der Waals surface area contributed by atoms with Gasteiger partial charge in [-0.3, -0.25) is 9.79 Å². The highest BCUT2D eigenvalue weighted by atomic mass is 127. The second-order valence-electron chi connectivity index (χ2n) is 6.76. The van der Waals surface area contributed by atoms with Crippen LogP contribution < -0.4 is 10.6 Å². The van der Waals surface area contributed by atoms with Gasteiger partial charge in [0.15, 0.2) is 5.96 Å². The number of amides is 1. The summed E-state index contributed by atoms with van der Waals surface area (Å²) in [5.74, 6) is 1.93. The molecule has 3 rings (SSSR count). The molecule has 6 heteroatoms. The van der Waals surface area contributed by atoms with Crippen molar-refractivity contribution in [1.29, 1.82) is 0 Å². The Morgan fingerprint density at radius 1 is 1.24 bits per heavy atom. The third kappa shape index (κ3) is 6.17. The molecule has 0 aromatic heterocycles. The van der Waals surface area contributed by atoms with E-state index < -0.39 is 0 Å². The zero-order valence-electron chi connectivity index (χ0n) is 15.0. The van der Waals surface area contributed by atoms with Crippen molar-refractivity contribution in [3.63, 3.8) is 0 Å². The van der Waals surface area contributed by atoms with Gasteiger partial charge in [-0.25, -0.2) is 0 Å². The summed E-state index contributed by atoms with van der Waals surface area (Å²) in [5, 5.41) is 6.63. The van der Waals surface area contributed by atoms with Crippen molar-refractivity contribution in [3.8, 4) is 0 Å². The molecule has 0 saturated heterocycles. The number of fused-ring (bicyclic) bond motifs is 1. The Balaban J connectivity index is 0.00000225. The molecule has 0 atom stereocenters. The molecule has 0 bridgehead atoms. The van der Waals surface area contributed by atoms with E-state index in [1.54, 1.807) is 7.05 Å². The van der Waals surface area contributed by atoms with Gasteiger partial charge in [-0.05, 0) is 42.7 Å². The van der Waals surface area contributed by atoms with Crippen molar-refractivity contribution in [2.24, 2.45) is 10.9 Å². The lowest BCUT2D eigenvalue weighted by molar-refractivity contribution is -0.132. The van der Waals surface area contributed by atoms with Gasteiger partial charge in [0.1, 0.15) is 0 Å². The maximum absolute atomic E-state index is 12.4. The van der Waals surface area contributed by atoms with Crippen LogP contribution in [0.2, 0.25) is 0 Å². The number of hydrogen-bond donors (Lipinski definition) is 2. The van der Waals surface area contributed by atoms with E-state index in [1.165, 1.54) is 24.0 Å². The summed E-state index contributed by atoms with van der Waals surface area (Å²) in [4.78, 5) is 18.6. The molecule has 138 valence electrons. The van der Waals surface area contributed by atoms with E-state index in [1.807, 2.05) is 4.90 Å². The normalized spacial score (nSPS) is 16.7. The lowest BCUT2D eigenvalue weighted by Gasteiger charge is -2.29. The SMILES string of the molecule is CN=C(NCCCC(=O)N1CCc2ccccc2C1)NCC1CC1.I. The van der Waals surface area contributed by atoms with Gasteiger partial charge in [0.25, 0.3) is 0 Å². The molecule has 1 heterocycles. The monoisotopic (exact) mass is 456 g/mol. The number of rotatable bonds is 6. The molecule has 1 fully saturated rings. The molecule has 1 aromatic rings. The summed E-state index contributed by atoms with van der Waals surface area (Å²) >= 11 is 0. The summed E-state index contributed by atoms with van der Waals surface area (Å²) in [6.45, 7) is 3.38. The van der Waals surface area contributed by atoms with E-state index in [0.29, 0.717) is 6.42 Å². The van der Waals surface area contributed by atoms with Crippen LogP contribution in [0, 0.1) is 5.92 Å². The summed E-state index contributed by atoms with van der Waals surface area (Å²) in [5.41, 5.74) is 2.67. The van der Waals surface area contributed by atoms with Crippen LogP contribution in [-0.4, -0.2) is 43.4 Å². The Morgan fingerprint density at radius 2 is 2.00 bits per heavy atom. The number of aliphatic imine (C=N–C) groups is 1. The minimum Gasteiger partial charge on any atom is -0.356 e. The minimum atomic E-state index is 0. The second-order valence-corrected chi connectivity index (χ2v) is 6.76. The van der Waals surface area contributed by atoms with E-state index >= 15 is 0 Å². The summed E-state index contributed by atoms with van der Waals surface area (Å²) in [6, 6.07) is 8.43. The van der Waals surface area contributed by atoms with Gasteiger partial charge in [0.2, 0.25) is 5.91 Å². The predicted octanol–water partition coefficient (Wildman–Crippen LogP) is 2.54. The van der Waals surface area contributed by atoms with Crippen LogP contribution in [0.1, 0.15) is 36.8 Å². The van der Waals surface area contributed by atoms with E-state index in [2.05, 4.69) is 39.9 Å². The maximum atomic E-state index is 12.4. The quantitative estimate of drug-likeness (QED) is 0.300. The van der Waals surface area contributed by atoms with Gasteiger partial charge in [0.05, 0.1) is 0 Å². The van der Waals surface area contributed by atoms with Crippen LogP contribution in [0.3, 0.4) is 0 Å². The molecular weight excluding hydrogens is 427 g/mol. The maximum Gasteiger partial charge on any atom is 0.222 e. The summed E-state index contributed by atoms with van der Waals surface area (Å²) in [7, 11) is 1.79. The van der Waals surface area contributed by atoms with Crippen molar-refractivity contribution in [3.05, 3.63) is 35.4 Å². The van der Waals surface area contributed by atoms with E-state index in [4.69, 9.17) is 0 Å². The van der Waals surface area contributed by atoms with Crippen LogP contribution in [0.25, 0.3) is 0 Å². The zero-order valence-corrected chi connectivity index (χ0v) is 17.3. The lowest BCUT2D eigenvalue weighted by Crippen LogP contribution is -2.39. The first-order valence-electron chi connectivity index (χ1n) is 9.05. The van der Waals surface area contributed by atoms with Gasteiger partial charge in [-0.2, -0.15) is 0 Å². The molecule has 5 nitrogen and oxygen atoms in total. The second kappa shape index (κ2) is 9.99. The van der Waals surface area contributed by atoms with Gasteiger partial charge in [-0.15, -0.1) is 24.0 Å². The highest BCUT2D eigenvalue weighted by Crippen LogP contribution is 2.27. The standard InChI is InChI=1S/C19H28N4O.HI/c1-20-19(22-13-15-8-9-15)21-11-4-7-18(24)23-12-10-16-5-2-3-6-17(16)14-23;/h2-3,5-6,15H,4,7-14H2,1H3,(H2,20,21,22);1H. The molecule has 1 saturated carbocycles. The molecular formula is C19H29IN4O. The molecule has 1 aliphatic carbocycles. The van der Waals surface area contributed by atoms with Gasteiger partial charge < -0.3 is 15.5 Å². The molecule has 0 unspecified atom stereocenters. The topological polar surface area (TPSA) is 56.7 Å². The highest BCUT2D eigenvalue weighted by molar-refractivity contribution is 14.0. The summed E-state index contributed by atoms with van der Waals surface area (Å²) in [6.07, 6.45) is 5.06. The Morgan fingerprint density at radius 3 is 2.72 bits per heavy atom. The summed E-state index contributed by atoms with van der Waals surface area (Å²) < 4.78 is 0. The van der Waals surface area contributed by atoms with Crippen molar-refractivity contribution < 1.29 is 4.79 Å². The number of hydrogen-bond acceptors (Lipinski definition) is 2. The first kappa shape index (κ1) is 20.0. The molecule has 25 heavy (non-hydrogen) atoms. The lowest BCUT2D eigenvalue weighted by atomic mass is 9.99. The van der Waals surface area contributed by atoms with Crippen molar-refractivity contribution >= 4 is 35.8 Å². The molecule has 1 aliphatic heterocycles. The number of nitrogens with zero attached hydrogens (tertiary/aromatic N) is 2. The smallest absolute Gasteiger partial charge is 0.222 e. The number of nitrogens with one attached hydrogen (secondary N) is 2. The number of carbonyl (C=O) groups excluding carboxylic acids is 1. The molecule has 2 aliphatic rings. The fourth-order valence-corrected chi connectivity index (χ4v) is 3.10. The van der Waals surface area contributed by atoms with Gasteiger partial charge in [-0.1, -0.05) is 24.3 Å². The first-order chi connectivity index (χ1) is 11.8. The Kier molecular flexibility index (Phi) is 7.99. The Labute approximate surface area is 167 Å².